The molecule has 1 aliphatic rings. The average molecular weight is 449 g/mol. The molecule has 0 saturated carbocycles. The Kier molecular flexibility index (Phi) is 6.66. The third kappa shape index (κ3) is 4.89. The lowest BCUT2D eigenvalue weighted by Crippen LogP contribution is -2.50. The molecule has 1 saturated heterocycles. The van der Waals surface area contributed by atoms with Crippen molar-refractivity contribution in [3.63, 3.8) is 0 Å². The van der Waals surface area contributed by atoms with Crippen molar-refractivity contribution >= 4 is 27.7 Å². The molecule has 164 valence electrons. The molecule has 0 spiro atoms. The molecule has 31 heavy (non-hydrogen) atoms. The van der Waals surface area contributed by atoms with E-state index in [9.17, 15) is 27.7 Å². The van der Waals surface area contributed by atoms with Gasteiger partial charge in [-0.15, -0.1) is 0 Å². The summed E-state index contributed by atoms with van der Waals surface area (Å²) in [6, 6.07) is 9.44. The van der Waals surface area contributed by atoms with Gasteiger partial charge in [0.25, 0.3) is 5.69 Å². The Labute approximate surface area is 178 Å². The van der Waals surface area contributed by atoms with Crippen LogP contribution in [0, 0.1) is 15.9 Å². The Hall–Kier alpha value is -3.31. The van der Waals surface area contributed by atoms with Gasteiger partial charge in [-0.3, -0.25) is 14.9 Å². The minimum absolute atomic E-state index is 0.00509. The molecule has 1 amide bonds. The van der Waals surface area contributed by atoms with Crippen molar-refractivity contribution in [2.75, 3.05) is 33.3 Å². The molecule has 0 atom stereocenters. The van der Waals surface area contributed by atoms with Crippen LogP contribution in [0.1, 0.15) is 5.56 Å². The molecule has 1 fully saturated rings. The van der Waals surface area contributed by atoms with E-state index in [2.05, 4.69) is 0 Å². The first-order chi connectivity index (χ1) is 14.7. The Balaban J connectivity index is 1.66. The standard InChI is InChI=1S/C20H20FN3O6S/c1-30-18-8-6-15(14-16(18)21)7-9-20(25)22-10-12-23(13-11-22)31(28,29)19-5-3-2-4-17(19)24(26)27/h2-9,14H,10-13H2,1H3/b9-7+. The number of rotatable bonds is 6. The van der Waals surface area contributed by atoms with E-state index in [1.807, 2.05) is 0 Å². The van der Waals surface area contributed by atoms with Crippen molar-refractivity contribution < 1.29 is 27.3 Å². The Morgan fingerprint density at radius 2 is 1.84 bits per heavy atom. The predicted octanol–water partition coefficient (Wildman–Crippen LogP) is 2.29. The molecule has 11 heteroatoms. The van der Waals surface area contributed by atoms with Crippen molar-refractivity contribution in [2.45, 2.75) is 4.90 Å². The normalized spacial score (nSPS) is 15.2. The number of carbonyl (C=O) groups is 1. The largest absolute Gasteiger partial charge is 0.494 e. The van der Waals surface area contributed by atoms with E-state index in [1.54, 1.807) is 6.07 Å². The van der Waals surface area contributed by atoms with Crippen LogP contribution in [-0.2, 0) is 14.8 Å². The number of nitrogens with zero attached hydrogens (tertiary/aromatic N) is 3. The fourth-order valence-corrected chi connectivity index (χ4v) is 4.75. The SMILES string of the molecule is COc1ccc(/C=C/C(=O)N2CCN(S(=O)(=O)c3ccccc3[N+](=O)[O-])CC2)cc1F. The quantitative estimate of drug-likeness (QED) is 0.380. The molecule has 1 aliphatic heterocycles. The van der Waals surface area contributed by atoms with E-state index < -0.39 is 26.5 Å². The van der Waals surface area contributed by atoms with Crippen LogP contribution in [0.3, 0.4) is 0 Å². The van der Waals surface area contributed by atoms with E-state index >= 15 is 0 Å². The predicted molar refractivity (Wildman–Crippen MR) is 110 cm³/mol. The lowest BCUT2D eigenvalue weighted by atomic mass is 10.2. The van der Waals surface area contributed by atoms with Crippen molar-refractivity contribution in [2.24, 2.45) is 0 Å². The van der Waals surface area contributed by atoms with Crippen molar-refractivity contribution in [1.82, 2.24) is 9.21 Å². The lowest BCUT2D eigenvalue weighted by molar-refractivity contribution is -0.387. The summed E-state index contributed by atoms with van der Waals surface area (Å²) in [6.45, 7) is 0.260. The number of para-hydroxylation sites is 1. The zero-order chi connectivity index (χ0) is 22.6. The van der Waals surface area contributed by atoms with Crippen molar-refractivity contribution in [3.8, 4) is 5.75 Å². The zero-order valence-corrected chi connectivity index (χ0v) is 17.4. The summed E-state index contributed by atoms with van der Waals surface area (Å²) < 4.78 is 45.4. The smallest absolute Gasteiger partial charge is 0.289 e. The maximum Gasteiger partial charge on any atom is 0.289 e. The fourth-order valence-electron chi connectivity index (χ4n) is 3.17. The second-order valence-corrected chi connectivity index (χ2v) is 8.59. The van der Waals surface area contributed by atoms with Crippen molar-refractivity contribution in [1.29, 1.82) is 0 Å². The number of sulfonamides is 1. The van der Waals surface area contributed by atoms with Crippen LogP contribution < -0.4 is 4.74 Å². The molecule has 1 heterocycles. The van der Waals surface area contributed by atoms with Gasteiger partial charge in [0.05, 0.1) is 12.0 Å². The maximum absolute atomic E-state index is 13.7. The van der Waals surface area contributed by atoms with Gasteiger partial charge in [-0.2, -0.15) is 4.31 Å². The van der Waals surface area contributed by atoms with Gasteiger partial charge >= 0.3 is 0 Å². The van der Waals surface area contributed by atoms with E-state index in [4.69, 9.17) is 4.74 Å². The molecule has 0 aliphatic carbocycles. The molecular formula is C20H20FN3O6S. The number of amides is 1. The van der Waals surface area contributed by atoms with E-state index in [0.717, 1.165) is 10.4 Å². The van der Waals surface area contributed by atoms with E-state index in [-0.39, 0.29) is 42.7 Å². The van der Waals surface area contributed by atoms with Gasteiger partial charge in [0.1, 0.15) is 0 Å². The monoisotopic (exact) mass is 449 g/mol. The maximum atomic E-state index is 13.7. The molecular weight excluding hydrogens is 429 g/mol. The fraction of sp³-hybridized carbons (Fsp3) is 0.250. The van der Waals surface area contributed by atoms with Gasteiger partial charge < -0.3 is 9.64 Å². The number of ether oxygens (including phenoxy) is 1. The Morgan fingerprint density at radius 3 is 2.45 bits per heavy atom. The first-order valence-corrected chi connectivity index (χ1v) is 10.7. The number of carbonyl (C=O) groups excluding carboxylic acids is 1. The summed E-state index contributed by atoms with van der Waals surface area (Å²) in [4.78, 5) is 23.9. The minimum Gasteiger partial charge on any atom is -0.494 e. The van der Waals surface area contributed by atoms with Crippen LogP contribution in [0.15, 0.2) is 53.4 Å². The molecule has 0 N–H and O–H groups in total. The minimum atomic E-state index is -4.07. The number of hydrogen-bond donors (Lipinski definition) is 0. The van der Waals surface area contributed by atoms with Crippen LogP contribution >= 0.6 is 0 Å². The number of hydrogen-bond acceptors (Lipinski definition) is 6. The molecule has 2 aromatic carbocycles. The number of nitro groups is 1. The van der Waals surface area contributed by atoms with E-state index in [0.29, 0.717) is 5.56 Å². The van der Waals surface area contributed by atoms with Crippen LogP contribution in [0.25, 0.3) is 6.08 Å². The third-order valence-corrected chi connectivity index (χ3v) is 6.77. The van der Waals surface area contributed by atoms with E-state index in [1.165, 1.54) is 54.5 Å². The molecule has 9 nitrogen and oxygen atoms in total. The molecule has 0 aromatic heterocycles. The number of piperazine rings is 1. The van der Waals surface area contributed by atoms with Gasteiger partial charge in [-0.1, -0.05) is 18.2 Å². The van der Waals surface area contributed by atoms with Crippen LogP contribution in [0.5, 0.6) is 5.75 Å². The summed E-state index contributed by atoms with van der Waals surface area (Å²) in [6.07, 6.45) is 2.74. The molecule has 3 rings (SSSR count). The third-order valence-electron chi connectivity index (χ3n) is 4.82. The van der Waals surface area contributed by atoms with Gasteiger partial charge in [0.15, 0.2) is 16.5 Å². The summed E-state index contributed by atoms with van der Waals surface area (Å²) in [5.74, 6) is -0.802. The lowest BCUT2D eigenvalue weighted by Gasteiger charge is -2.33. The summed E-state index contributed by atoms with van der Waals surface area (Å²) in [5, 5.41) is 11.2. The second-order valence-electron chi connectivity index (χ2n) is 6.68. The number of nitro benzene ring substituents is 1. The second kappa shape index (κ2) is 9.23. The average Bonchev–Trinajstić information content (AvgIpc) is 2.77. The summed E-state index contributed by atoms with van der Waals surface area (Å²) >= 11 is 0. The molecule has 0 radical (unpaired) electrons. The van der Waals surface area contributed by atoms with Crippen LogP contribution in [-0.4, -0.2) is 61.7 Å². The Bertz CT molecular complexity index is 1130. The molecule has 0 bridgehead atoms. The summed E-state index contributed by atoms with van der Waals surface area (Å²) in [5.41, 5.74) is -0.0140. The highest BCUT2D eigenvalue weighted by atomic mass is 32.2. The van der Waals surface area contributed by atoms with Crippen LogP contribution in [0.2, 0.25) is 0 Å². The highest BCUT2D eigenvalue weighted by Gasteiger charge is 2.34. The van der Waals surface area contributed by atoms with Gasteiger partial charge in [0.2, 0.25) is 15.9 Å². The summed E-state index contributed by atoms with van der Waals surface area (Å²) in [7, 11) is -2.72. The topological polar surface area (TPSA) is 110 Å². The van der Waals surface area contributed by atoms with Crippen LogP contribution in [0.4, 0.5) is 10.1 Å². The first-order valence-electron chi connectivity index (χ1n) is 9.28. The zero-order valence-electron chi connectivity index (χ0n) is 16.6. The van der Waals surface area contributed by atoms with Gasteiger partial charge in [0, 0.05) is 38.3 Å². The van der Waals surface area contributed by atoms with Gasteiger partial charge in [-0.05, 0) is 29.8 Å². The molecule has 0 unspecified atom stereocenters. The first kappa shape index (κ1) is 22.4. The Morgan fingerprint density at radius 1 is 1.16 bits per heavy atom. The number of halogens is 1. The number of methoxy groups -OCH3 is 1. The molecule has 2 aromatic rings. The highest BCUT2D eigenvalue weighted by molar-refractivity contribution is 7.89. The number of benzene rings is 2. The van der Waals surface area contributed by atoms with Gasteiger partial charge in [-0.25, -0.2) is 12.8 Å². The highest BCUT2D eigenvalue weighted by Crippen LogP contribution is 2.27. The van der Waals surface area contributed by atoms with Crippen molar-refractivity contribution in [3.05, 3.63) is 70.0 Å².